The number of amides is 2. The van der Waals surface area contributed by atoms with E-state index in [1.807, 2.05) is 6.07 Å². The highest BCUT2D eigenvalue weighted by molar-refractivity contribution is 5.94. The minimum absolute atomic E-state index is 0.0675. The topological polar surface area (TPSA) is 107 Å². The minimum Gasteiger partial charge on any atom is -0.485 e. The van der Waals surface area contributed by atoms with E-state index in [4.69, 9.17) is 10.5 Å². The lowest BCUT2D eigenvalue weighted by Gasteiger charge is -2.30. The van der Waals surface area contributed by atoms with Crippen LogP contribution in [0.1, 0.15) is 54.0 Å². The van der Waals surface area contributed by atoms with Crippen LogP contribution in [-0.4, -0.2) is 61.9 Å². The maximum Gasteiger partial charge on any atom is 0.270 e. The van der Waals surface area contributed by atoms with E-state index < -0.39 is 5.82 Å². The molecule has 0 radical (unpaired) electrons. The van der Waals surface area contributed by atoms with Gasteiger partial charge in [-0.15, -0.1) is 0 Å². The van der Waals surface area contributed by atoms with Crippen molar-refractivity contribution >= 4 is 17.6 Å². The number of benzene rings is 1. The molecule has 0 saturated carbocycles. The zero-order valence-electron chi connectivity index (χ0n) is 23.5. The van der Waals surface area contributed by atoms with E-state index in [2.05, 4.69) is 35.0 Å². The number of fused-ring (bicyclic) bond motifs is 3. The van der Waals surface area contributed by atoms with Crippen LogP contribution in [0.2, 0.25) is 0 Å². The number of hydrogen-bond donors (Lipinski definition) is 1. The number of ether oxygens (including phenoxy) is 1. The molecule has 3 aliphatic rings. The van der Waals surface area contributed by atoms with Gasteiger partial charge in [0, 0.05) is 43.0 Å². The Morgan fingerprint density at radius 2 is 2.05 bits per heavy atom. The fourth-order valence-corrected chi connectivity index (χ4v) is 6.47. The number of carbonyl (C=O) groups excluding carboxylic acids is 2. The zero-order valence-corrected chi connectivity index (χ0v) is 23.5. The molecule has 2 aromatic heterocycles. The number of aromatic nitrogens is 3. The third kappa shape index (κ3) is 4.96. The standard InChI is InChI=1S/C31H35FN6O3/c1-4-26(39)37-9-5-6-22(37)17-41-28-27(34-18-35-29(28)33)19-7-8-20(23(32)12-19)16-36-10-11-38-24(30(36)40)13-21-14-31(2,3)15-25(21)38/h4,7-8,12-13,18,22H,1,5-6,9-11,14-17H2,2-3H3,(H2,33,34,35)/t22-/m0/s1. The van der Waals surface area contributed by atoms with E-state index in [0.29, 0.717) is 42.1 Å². The van der Waals surface area contributed by atoms with Gasteiger partial charge in [0.25, 0.3) is 5.91 Å². The van der Waals surface area contributed by atoms with Gasteiger partial charge < -0.3 is 24.8 Å². The SMILES string of the molecule is C=CC(=O)N1CCC[C@H]1COc1c(N)ncnc1-c1ccc(CN2CCn3c(cc4c3CC(C)(C)C4)C2=O)c(F)c1. The maximum absolute atomic E-state index is 15.5. The molecule has 2 aliphatic heterocycles. The monoisotopic (exact) mass is 558 g/mol. The van der Waals surface area contributed by atoms with Crippen molar-refractivity contribution in [2.75, 3.05) is 25.4 Å². The summed E-state index contributed by atoms with van der Waals surface area (Å²) in [7, 11) is 0. The van der Waals surface area contributed by atoms with Crippen molar-refractivity contribution < 1.29 is 18.7 Å². The summed E-state index contributed by atoms with van der Waals surface area (Å²) in [5, 5.41) is 0. The van der Waals surface area contributed by atoms with Crippen LogP contribution >= 0.6 is 0 Å². The molecular formula is C31H35FN6O3. The molecule has 1 aliphatic carbocycles. The number of nitrogen functional groups attached to an aromatic ring is 1. The first-order chi connectivity index (χ1) is 19.6. The van der Waals surface area contributed by atoms with Gasteiger partial charge >= 0.3 is 0 Å². The van der Waals surface area contributed by atoms with E-state index in [9.17, 15) is 9.59 Å². The predicted octanol–water partition coefficient (Wildman–Crippen LogP) is 4.00. The van der Waals surface area contributed by atoms with Gasteiger partial charge in [-0.2, -0.15) is 0 Å². The van der Waals surface area contributed by atoms with Crippen LogP contribution in [0.4, 0.5) is 10.2 Å². The fourth-order valence-electron chi connectivity index (χ4n) is 6.47. The molecule has 0 spiro atoms. The van der Waals surface area contributed by atoms with E-state index in [1.54, 1.807) is 21.9 Å². The second kappa shape index (κ2) is 10.3. The second-order valence-electron chi connectivity index (χ2n) is 12.0. The third-order valence-corrected chi connectivity index (χ3v) is 8.49. The molecule has 3 aromatic rings. The molecule has 0 bridgehead atoms. The van der Waals surface area contributed by atoms with E-state index >= 15 is 4.39 Å². The number of nitrogens with zero attached hydrogens (tertiary/aromatic N) is 5. The van der Waals surface area contributed by atoms with Crippen molar-refractivity contribution in [1.29, 1.82) is 0 Å². The van der Waals surface area contributed by atoms with Crippen molar-refractivity contribution in [3.63, 3.8) is 0 Å². The van der Waals surface area contributed by atoms with E-state index in [1.165, 1.54) is 29.7 Å². The Morgan fingerprint density at radius 1 is 1.22 bits per heavy atom. The van der Waals surface area contributed by atoms with Gasteiger partial charge in [-0.05, 0) is 54.9 Å². The minimum atomic E-state index is -0.442. The molecule has 1 fully saturated rings. The number of rotatable bonds is 7. The molecule has 1 atom stereocenters. The van der Waals surface area contributed by atoms with Gasteiger partial charge in [0.15, 0.2) is 11.6 Å². The van der Waals surface area contributed by atoms with Crippen molar-refractivity contribution in [2.45, 2.75) is 58.7 Å². The van der Waals surface area contributed by atoms with Crippen LogP contribution in [0.5, 0.6) is 5.75 Å². The van der Waals surface area contributed by atoms with Crippen LogP contribution in [0.25, 0.3) is 11.3 Å². The highest BCUT2D eigenvalue weighted by atomic mass is 19.1. The van der Waals surface area contributed by atoms with Gasteiger partial charge in [-0.3, -0.25) is 9.59 Å². The Hall–Kier alpha value is -4.21. The molecule has 1 saturated heterocycles. The Morgan fingerprint density at radius 3 is 2.83 bits per heavy atom. The summed E-state index contributed by atoms with van der Waals surface area (Å²) in [4.78, 5) is 37.4. The zero-order chi connectivity index (χ0) is 28.9. The summed E-state index contributed by atoms with van der Waals surface area (Å²) in [6.07, 6.45) is 6.22. The molecule has 2 amide bonds. The summed E-state index contributed by atoms with van der Waals surface area (Å²) in [5.41, 5.74) is 10.9. The molecule has 4 heterocycles. The Kier molecular flexibility index (Phi) is 6.79. The lowest BCUT2D eigenvalue weighted by Crippen LogP contribution is -2.40. The molecule has 10 heteroatoms. The third-order valence-electron chi connectivity index (χ3n) is 8.49. The highest BCUT2D eigenvalue weighted by Gasteiger charge is 2.36. The molecular weight excluding hydrogens is 523 g/mol. The first-order valence-corrected chi connectivity index (χ1v) is 14.1. The van der Waals surface area contributed by atoms with Gasteiger partial charge in [0.1, 0.15) is 30.1 Å². The highest BCUT2D eigenvalue weighted by Crippen LogP contribution is 2.39. The van der Waals surface area contributed by atoms with Crippen LogP contribution in [-0.2, 0) is 30.7 Å². The molecule has 214 valence electrons. The van der Waals surface area contributed by atoms with E-state index in [0.717, 1.165) is 25.7 Å². The summed E-state index contributed by atoms with van der Waals surface area (Å²) in [6.45, 7) is 10.4. The number of carbonyl (C=O) groups is 2. The largest absolute Gasteiger partial charge is 0.485 e. The summed E-state index contributed by atoms with van der Waals surface area (Å²) in [6, 6.07) is 6.72. The van der Waals surface area contributed by atoms with Gasteiger partial charge in [0.05, 0.1) is 6.04 Å². The molecule has 2 N–H and O–H groups in total. The molecule has 1 aromatic carbocycles. The Balaban J connectivity index is 1.18. The van der Waals surface area contributed by atoms with Gasteiger partial charge in [0.2, 0.25) is 5.91 Å². The van der Waals surface area contributed by atoms with Gasteiger partial charge in [-0.1, -0.05) is 32.6 Å². The number of nitrogens with two attached hydrogens (primary N) is 1. The predicted molar refractivity (Wildman–Crippen MR) is 153 cm³/mol. The van der Waals surface area contributed by atoms with Crippen molar-refractivity contribution in [1.82, 2.24) is 24.3 Å². The number of hydrogen-bond acceptors (Lipinski definition) is 6. The number of halogens is 1. The van der Waals surface area contributed by atoms with Gasteiger partial charge in [-0.25, -0.2) is 14.4 Å². The van der Waals surface area contributed by atoms with Crippen molar-refractivity contribution in [3.05, 3.63) is 71.6 Å². The van der Waals surface area contributed by atoms with Crippen molar-refractivity contribution in [3.8, 4) is 17.0 Å². The van der Waals surface area contributed by atoms with Crippen LogP contribution < -0.4 is 10.5 Å². The molecule has 0 unspecified atom stereocenters. The van der Waals surface area contributed by atoms with E-state index in [-0.39, 0.29) is 48.0 Å². The lowest BCUT2D eigenvalue weighted by molar-refractivity contribution is -0.127. The quantitative estimate of drug-likeness (QED) is 0.440. The Bertz CT molecular complexity index is 1550. The average Bonchev–Trinajstić information content (AvgIpc) is 3.62. The van der Waals surface area contributed by atoms with Crippen molar-refractivity contribution in [2.24, 2.45) is 5.41 Å². The van der Waals surface area contributed by atoms with Crippen LogP contribution in [0.3, 0.4) is 0 Å². The number of likely N-dealkylation sites (tertiary alicyclic amines) is 1. The second-order valence-corrected chi connectivity index (χ2v) is 12.0. The molecule has 9 nitrogen and oxygen atoms in total. The summed E-state index contributed by atoms with van der Waals surface area (Å²) in [5.74, 6) is -0.263. The summed E-state index contributed by atoms with van der Waals surface area (Å²) >= 11 is 0. The summed E-state index contributed by atoms with van der Waals surface area (Å²) < 4.78 is 23.7. The first kappa shape index (κ1) is 27.0. The van der Waals surface area contributed by atoms with Crippen LogP contribution in [0, 0.1) is 11.2 Å². The normalized spacial score (nSPS) is 19.3. The smallest absolute Gasteiger partial charge is 0.270 e. The van der Waals surface area contributed by atoms with Crippen LogP contribution in [0.15, 0.2) is 43.2 Å². The first-order valence-electron chi connectivity index (χ1n) is 14.1. The fraction of sp³-hybridized carbons (Fsp3) is 0.419. The Labute approximate surface area is 238 Å². The average molecular weight is 559 g/mol. The number of anilines is 1. The molecule has 6 rings (SSSR count). The lowest BCUT2D eigenvalue weighted by atomic mass is 9.90. The maximum atomic E-state index is 15.5. The molecule has 41 heavy (non-hydrogen) atoms.